The van der Waals surface area contributed by atoms with Crippen molar-refractivity contribution in [2.24, 2.45) is 0 Å². The molecule has 0 spiro atoms. The van der Waals surface area contributed by atoms with E-state index >= 15 is 0 Å². The molecular weight excluding hydrogens is 440 g/mol. The molecule has 0 saturated carbocycles. The zero-order chi connectivity index (χ0) is 25.4. The van der Waals surface area contributed by atoms with Crippen LogP contribution in [0.3, 0.4) is 0 Å². The van der Waals surface area contributed by atoms with Crippen LogP contribution in [0.2, 0.25) is 0 Å². The minimum atomic E-state index is -0.932. The van der Waals surface area contributed by atoms with E-state index in [1.807, 2.05) is 65.0 Å². The fraction of sp³-hybridized carbons (Fsp3) is 0.680. The molecule has 2 amide bonds. The van der Waals surface area contributed by atoms with E-state index in [0.29, 0.717) is 19.6 Å². The average molecular weight is 481 g/mol. The summed E-state index contributed by atoms with van der Waals surface area (Å²) in [4.78, 5) is 27.0. The summed E-state index contributed by atoms with van der Waals surface area (Å²) in [7, 11) is 0. The van der Waals surface area contributed by atoms with Crippen LogP contribution in [0, 0.1) is 0 Å². The van der Waals surface area contributed by atoms with E-state index in [-0.39, 0.29) is 25.5 Å². The monoisotopic (exact) mass is 480 g/mol. The molecule has 192 valence electrons. The van der Waals surface area contributed by atoms with Crippen LogP contribution in [0.1, 0.15) is 60.5 Å². The summed E-state index contributed by atoms with van der Waals surface area (Å²) < 4.78 is 28.3. The Hall–Kier alpha value is -2.36. The Morgan fingerprint density at radius 1 is 1.18 bits per heavy atom. The predicted molar refractivity (Wildman–Crippen MR) is 127 cm³/mol. The smallest absolute Gasteiger partial charge is 0.412 e. The van der Waals surface area contributed by atoms with Crippen LogP contribution in [0.25, 0.3) is 0 Å². The van der Waals surface area contributed by atoms with E-state index in [9.17, 15) is 9.59 Å². The van der Waals surface area contributed by atoms with Gasteiger partial charge in [0.15, 0.2) is 6.29 Å². The molecule has 0 aromatic heterocycles. The largest absolute Gasteiger partial charge is 0.445 e. The fourth-order valence-electron chi connectivity index (χ4n) is 3.83. The summed E-state index contributed by atoms with van der Waals surface area (Å²) in [6.07, 6.45) is -1.39. The van der Waals surface area contributed by atoms with Gasteiger partial charge in [0.05, 0.1) is 18.8 Å². The van der Waals surface area contributed by atoms with Gasteiger partial charge in [-0.25, -0.2) is 9.59 Å². The molecular formula is C25H40N2O7. The maximum atomic E-state index is 13.1. The highest BCUT2D eigenvalue weighted by atomic mass is 16.7. The van der Waals surface area contributed by atoms with Gasteiger partial charge in [0, 0.05) is 13.2 Å². The molecule has 1 aliphatic heterocycles. The third-order valence-corrected chi connectivity index (χ3v) is 5.20. The molecule has 2 rings (SSSR count). The van der Waals surface area contributed by atoms with Crippen molar-refractivity contribution in [3.05, 3.63) is 35.9 Å². The number of nitrogens with zero attached hydrogens (tertiary/aromatic N) is 1. The molecule has 1 saturated heterocycles. The molecule has 1 aromatic rings. The lowest BCUT2D eigenvalue weighted by atomic mass is 10.1. The summed E-state index contributed by atoms with van der Waals surface area (Å²) in [6.45, 7) is 14.0. The van der Waals surface area contributed by atoms with Crippen molar-refractivity contribution in [3.8, 4) is 0 Å². The Morgan fingerprint density at radius 2 is 1.85 bits per heavy atom. The summed E-state index contributed by atoms with van der Waals surface area (Å²) >= 11 is 0. The Bertz CT molecular complexity index is 779. The highest BCUT2D eigenvalue weighted by Crippen LogP contribution is 2.35. The summed E-state index contributed by atoms with van der Waals surface area (Å²) in [5, 5.41) is 2.76. The van der Waals surface area contributed by atoms with Gasteiger partial charge in [0.1, 0.15) is 17.9 Å². The van der Waals surface area contributed by atoms with Crippen LogP contribution in [-0.4, -0.2) is 66.6 Å². The third-order valence-electron chi connectivity index (χ3n) is 5.20. The molecule has 9 heteroatoms. The molecule has 1 aliphatic rings. The Labute approximate surface area is 203 Å². The number of alkyl carbamates (subject to hydrolysis) is 1. The van der Waals surface area contributed by atoms with Crippen LogP contribution in [0.4, 0.5) is 9.59 Å². The minimum Gasteiger partial charge on any atom is -0.445 e. The standard InChI is InChI=1S/C25H40N2O7/c1-8-30-18(2)31-15-14-20-21(16-26-22(28)32-17-19-12-10-9-11-13-19)33-25(6,7)27(20)23(29)34-24(3,4)5/h9-13,18,20-21H,8,14-17H2,1-7H3,(H,26,28)/t18?,20-,21-/m1/s1. The van der Waals surface area contributed by atoms with Crippen LogP contribution in [0.15, 0.2) is 30.3 Å². The molecule has 1 N–H and O–H groups in total. The second kappa shape index (κ2) is 12.4. The van der Waals surface area contributed by atoms with Crippen molar-refractivity contribution in [2.75, 3.05) is 19.8 Å². The molecule has 1 fully saturated rings. The topological polar surface area (TPSA) is 95.6 Å². The zero-order valence-electron chi connectivity index (χ0n) is 21.5. The second-order valence-corrected chi connectivity index (χ2v) is 9.65. The molecule has 34 heavy (non-hydrogen) atoms. The first-order chi connectivity index (χ1) is 15.9. The van der Waals surface area contributed by atoms with Gasteiger partial charge in [-0.3, -0.25) is 4.90 Å². The van der Waals surface area contributed by atoms with E-state index in [4.69, 9.17) is 23.7 Å². The highest BCUT2D eigenvalue weighted by Gasteiger charge is 2.51. The lowest BCUT2D eigenvalue weighted by Crippen LogP contribution is -2.51. The van der Waals surface area contributed by atoms with Crippen LogP contribution < -0.4 is 5.32 Å². The lowest BCUT2D eigenvalue weighted by molar-refractivity contribution is -0.129. The average Bonchev–Trinajstić information content (AvgIpc) is 3.00. The van der Waals surface area contributed by atoms with Crippen molar-refractivity contribution < 1.29 is 33.3 Å². The molecule has 0 aliphatic carbocycles. The van der Waals surface area contributed by atoms with Gasteiger partial charge in [0.25, 0.3) is 0 Å². The van der Waals surface area contributed by atoms with Gasteiger partial charge in [0.2, 0.25) is 0 Å². The molecule has 3 atom stereocenters. The summed E-state index contributed by atoms with van der Waals surface area (Å²) in [5.74, 6) is 0. The Kier molecular flexibility index (Phi) is 10.1. The number of rotatable bonds is 10. The minimum absolute atomic E-state index is 0.167. The lowest BCUT2D eigenvalue weighted by Gasteiger charge is -2.35. The molecule has 1 aromatic carbocycles. The van der Waals surface area contributed by atoms with Gasteiger partial charge in [-0.05, 0) is 60.5 Å². The Balaban J connectivity index is 2.04. The van der Waals surface area contributed by atoms with E-state index in [1.165, 1.54) is 0 Å². The molecule has 0 radical (unpaired) electrons. The first-order valence-corrected chi connectivity index (χ1v) is 11.8. The first kappa shape index (κ1) is 27.9. The summed E-state index contributed by atoms with van der Waals surface area (Å²) in [5.41, 5.74) is -0.695. The fourth-order valence-corrected chi connectivity index (χ4v) is 3.83. The van der Waals surface area contributed by atoms with Crippen LogP contribution >= 0.6 is 0 Å². The van der Waals surface area contributed by atoms with E-state index in [2.05, 4.69) is 5.32 Å². The van der Waals surface area contributed by atoms with E-state index in [1.54, 1.807) is 18.7 Å². The van der Waals surface area contributed by atoms with Crippen molar-refractivity contribution in [2.45, 2.75) is 91.3 Å². The van der Waals surface area contributed by atoms with Gasteiger partial charge < -0.3 is 29.0 Å². The SMILES string of the molecule is CCOC(C)OCC[C@@H]1[C@@H](CNC(=O)OCc2ccccc2)OC(C)(C)N1C(=O)OC(C)(C)C. The van der Waals surface area contributed by atoms with Crippen LogP contribution in [-0.2, 0) is 30.3 Å². The van der Waals surface area contributed by atoms with Gasteiger partial charge in [-0.15, -0.1) is 0 Å². The maximum absolute atomic E-state index is 13.1. The van der Waals surface area contributed by atoms with Crippen molar-refractivity contribution in [1.29, 1.82) is 0 Å². The highest BCUT2D eigenvalue weighted by molar-refractivity contribution is 5.70. The quantitative estimate of drug-likeness (QED) is 0.495. The van der Waals surface area contributed by atoms with E-state index < -0.39 is 29.6 Å². The maximum Gasteiger partial charge on any atom is 0.412 e. The normalized spacial score (nSPS) is 20.6. The van der Waals surface area contributed by atoms with Crippen molar-refractivity contribution in [1.82, 2.24) is 10.2 Å². The number of nitrogens with one attached hydrogen (secondary N) is 1. The number of hydrogen-bond acceptors (Lipinski definition) is 7. The third kappa shape index (κ3) is 8.77. The molecule has 1 unspecified atom stereocenters. The van der Waals surface area contributed by atoms with Gasteiger partial charge in [-0.2, -0.15) is 0 Å². The van der Waals surface area contributed by atoms with Crippen LogP contribution in [0.5, 0.6) is 0 Å². The molecule has 9 nitrogen and oxygen atoms in total. The first-order valence-electron chi connectivity index (χ1n) is 11.8. The number of ether oxygens (including phenoxy) is 5. The molecule has 1 heterocycles. The van der Waals surface area contributed by atoms with Crippen molar-refractivity contribution in [3.63, 3.8) is 0 Å². The Morgan fingerprint density at radius 3 is 2.47 bits per heavy atom. The number of carbonyl (C=O) groups is 2. The number of amides is 2. The second-order valence-electron chi connectivity index (χ2n) is 9.65. The van der Waals surface area contributed by atoms with E-state index in [0.717, 1.165) is 5.56 Å². The predicted octanol–water partition coefficient (Wildman–Crippen LogP) is 4.44. The zero-order valence-corrected chi connectivity index (χ0v) is 21.5. The number of benzene rings is 1. The summed E-state index contributed by atoms with van der Waals surface area (Å²) in [6, 6.07) is 9.05. The van der Waals surface area contributed by atoms with Gasteiger partial charge >= 0.3 is 12.2 Å². The van der Waals surface area contributed by atoms with Gasteiger partial charge in [-0.1, -0.05) is 30.3 Å². The molecule has 0 bridgehead atoms. The number of hydrogen-bond donors (Lipinski definition) is 1. The number of carbonyl (C=O) groups excluding carboxylic acids is 2. The van der Waals surface area contributed by atoms with Crippen molar-refractivity contribution >= 4 is 12.2 Å².